The molecule has 1 heterocycles. The fourth-order valence-corrected chi connectivity index (χ4v) is 2.43. The van der Waals surface area contributed by atoms with E-state index in [1.54, 1.807) is 4.90 Å². The number of halogens is 2. The maximum Gasteiger partial charge on any atom is 0.170 e. The third kappa shape index (κ3) is 2.82. The summed E-state index contributed by atoms with van der Waals surface area (Å²) in [7, 11) is 0. The van der Waals surface area contributed by atoms with E-state index >= 15 is 0 Å². The number of hydrogen-bond donors (Lipinski definition) is 2. The molecule has 1 aliphatic rings. The summed E-state index contributed by atoms with van der Waals surface area (Å²) in [4.78, 5) is 1.61. The second-order valence-corrected chi connectivity index (χ2v) is 4.94. The van der Waals surface area contributed by atoms with E-state index in [0.717, 1.165) is 12.1 Å². The predicted molar refractivity (Wildman–Crippen MR) is 71.1 cm³/mol. The van der Waals surface area contributed by atoms with E-state index in [9.17, 15) is 8.78 Å². The zero-order chi connectivity index (χ0) is 14.9. The van der Waals surface area contributed by atoms with Crippen LogP contribution in [0.15, 0.2) is 17.3 Å². The van der Waals surface area contributed by atoms with Crippen LogP contribution < -0.4 is 10.6 Å². The van der Waals surface area contributed by atoms with Crippen LogP contribution in [0.5, 0.6) is 0 Å². The maximum atomic E-state index is 14.1. The highest BCUT2D eigenvalue weighted by molar-refractivity contribution is 5.97. The lowest BCUT2D eigenvalue weighted by molar-refractivity contribution is -0.00558. The van der Waals surface area contributed by atoms with Gasteiger partial charge in [0.25, 0.3) is 0 Å². The maximum absolute atomic E-state index is 14.1. The molecular weight excluding hydrogens is 268 g/mol. The molecule has 0 saturated carbocycles. The first-order chi connectivity index (χ1) is 9.42. The molecule has 0 spiro atoms. The zero-order valence-electron chi connectivity index (χ0n) is 11.3. The van der Waals surface area contributed by atoms with Gasteiger partial charge < -0.3 is 20.6 Å². The van der Waals surface area contributed by atoms with Gasteiger partial charge >= 0.3 is 0 Å². The number of hydrogen-bond acceptors (Lipinski definition) is 4. The normalized spacial score (nSPS) is 24.0. The summed E-state index contributed by atoms with van der Waals surface area (Å²) in [5, 5.41) is 11.3. The number of rotatable bonds is 2. The van der Waals surface area contributed by atoms with Gasteiger partial charge in [-0.3, -0.25) is 0 Å². The highest BCUT2D eigenvalue weighted by Crippen LogP contribution is 2.27. The third-order valence-corrected chi connectivity index (χ3v) is 3.16. The van der Waals surface area contributed by atoms with Gasteiger partial charge in [-0.25, -0.2) is 8.78 Å². The van der Waals surface area contributed by atoms with Crippen molar-refractivity contribution < 1.29 is 18.7 Å². The third-order valence-electron chi connectivity index (χ3n) is 3.16. The van der Waals surface area contributed by atoms with Crippen LogP contribution in [0.2, 0.25) is 0 Å². The van der Waals surface area contributed by atoms with E-state index in [1.807, 2.05) is 13.8 Å². The van der Waals surface area contributed by atoms with Crippen LogP contribution in [0.3, 0.4) is 0 Å². The SMILES string of the molecule is CC1CN(c2c(F)cc(C(N)=NO)cc2F)CC(C)O1. The lowest BCUT2D eigenvalue weighted by atomic mass is 10.1. The minimum Gasteiger partial charge on any atom is -0.409 e. The second-order valence-electron chi connectivity index (χ2n) is 4.94. The number of benzene rings is 1. The van der Waals surface area contributed by atoms with Gasteiger partial charge in [-0.05, 0) is 26.0 Å². The Balaban J connectivity index is 2.37. The Bertz CT molecular complexity index is 503. The minimum absolute atomic E-state index is 0.000561. The van der Waals surface area contributed by atoms with Crippen molar-refractivity contribution >= 4 is 11.5 Å². The molecular formula is C13H17F2N3O2. The van der Waals surface area contributed by atoms with Crippen molar-refractivity contribution in [3.05, 3.63) is 29.3 Å². The van der Waals surface area contributed by atoms with Crippen LogP contribution in [-0.4, -0.2) is 36.3 Å². The summed E-state index contributed by atoms with van der Waals surface area (Å²) in [6.07, 6.45) is -0.220. The Morgan fingerprint density at radius 3 is 2.25 bits per heavy atom. The molecule has 0 bridgehead atoms. The standard InChI is InChI=1S/C13H17F2N3O2/c1-7-5-18(6-8(2)20-7)12-10(14)3-9(4-11(12)15)13(16)17-19/h3-4,7-8,19H,5-6H2,1-2H3,(H2,16,17). The van der Waals surface area contributed by atoms with E-state index in [1.165, 1.54) is 0 Å². The van der Waals surface area contributed by atoms with Crippen LogP contribution in [0.4, 0.5) is 14.5 Å². The topological polar surface area (TPSA) is 71.1 Å². The van der Waals surface area contributed by atoms with Crippen molar-refractivity contribution in [2.75, 3.05) is 18.0 Å². The van der Waals surface area contributed by atoms with Crippen LogP contribution in [0.1, 0.15) is 19.4 Å². The largest absolute Gasteiger partial charge is 0.409 e. The molecule has 0 aromatic heterocycles. The van der Waals surface area contributed by atoms with Crippen molar-refractivity contribution in [2.45, 2.75) is 26.1 Å². The minimum atomic E-state index is -0.743. The predicted octanol–water partition coefficient (Wildman–Crippen LogP) is 1.67. The summed E-state index contributed by atoms with van der Waals surface area (Å²) in [6, 6.07) is 2.11. The van der Waals surface area contributed by atoms with Gasteiger partial charge in [0.2, 0.25) is 0 Å². The quantitative estimate of drug-likeness (QED) is 0.375. The van der Waals surface area contributed by atoms with Crippen molar-refractivity contribution in [3.8, 4) is 0 Å². The monoisotopic (exact) mass is 285 g/mol. The molecule has 1 aromatic carbocycles. The molecule has 1 fully saturated rings. The summed E-state index contributed by atoms with van der Waals surface area (Å²) >= 11 is 0. The van der Waals surface area contributed by atoms with Gasteiger partial charge in [-0.15, -0.1) is 0 Å². The lowest BCUT2D eigenvalue weighted by Gasteiger charge is -2.37. The second kappa shape index (κ2) is 5.62. The summed E-state index contributed by atoms with van der Waals surface area (Å²) in [5.41, 5.74) is 5.23. The highest BCUT2D eigenvalue weighted by atomic mass is 19.1. The molecule has 2 unspecified atom stereocenters. The van der Waals surface area contributed by atoms with Gasteiger partial charge in [-0.2, -0.15) is 0 Å². The van der Waals surface area contributed by atoms with E-state index in [-0.39, 0.29) is 29.3 Å². The fraction of sp³-hybridized carbons (Fsp3) is 0.462. The molecule has 2 rings (SSSR count). The van der Waals surface area contributed by atoms with Gasteiger partial charge in [0.1, 0.15) is 17.3 Å². The fourth-order valence-electron chi connectivity index (χ4n) is 2.43. The first-order valence-corrected chi connectivity index (χ1v) is 6.29. The van der Waals surface area contributed by atoms with E-state index in [2.05, 4.69) is 5.16 Å². The van der Waals surface area contributed by atoms with Crippen LogP contribution >= 0.6 is 0 Å². The number of amidine groups is 1. The van der Waals surface area contributed by atoms with Gasteiger partial charge in [-0.1, -0.05) is 5.16 Å². The van der Waals surface area contributed by atoms with Crippen molar-refractivity contribution in [1.82, 2.24) is 0 Å². The smallest absolute Gasteiger partial charge is 0.170 e. The number of oxime groups is 1. The van der Waals surface area contributed by atoms with E-state index in [4.69, 9.17) is 15.7 Å². The number of ether oxygens (including phenoxy) is 1. The number of anilines is 1. The summed E-state index contributed by atoms with van der Waals surface area (Å²) in [6.45, 7) is 4.51. The molecule has 110 valence electrons. The van der Waals surface area contributed by atoms with Crippen molar-refractivity contribution in [3.63, 3.8) is 0 Å². The molecule has 3 N–H and O–H groups in total. The van der Waals surface area contributed by atoms with E-state index in [0.29, 0.717) is 13.1 Å². The lowest BCUT2D eigenvalue weighted by Crippen LogP contribution is -2.46. The average Bonchev–Trinajstić information content (AvgIpc) is 2.35. The Labute approximate surface area is 115 Å². The summed E-state index contributed by atoms with van der Waals surface area (Å²) < 4.78 is 33.8. The molecule has 7 heteroatoms. The highest BCUT2D eigenvalue weighted by Gasteiger charge is 2.27. The Morgan fingerprint density at radius 1 is 1.30 bits per heavy atom. The summed E-state index contributed by atoms with van der Waals surface area (Å²) in [5.74, 6) is -1.82. The molecule has 0 aliphatic carbocycles. The number of nitrogens with two attached hydrogens (primary N) is 1. The number of nitrogens with zero attached hydrogens (tertiary/aromatic N) is 2. The molecule has 1 aromatic rings. The number of morpholine rings is 1. The molecule has 0 radical (unpaired) electrons. The zero-order valence-corrected chi connectivity index (χ0v) is 11.3. The molecule has 0 amide bonds. The van der Waals surface area contributed by atoms with Crippen LogP contribution in [0, 0.1) is 11.6 Å². The Morgan fingerprint density at radius 2 is 1.80 bits per heavy atom. The Hall–Kier alpha value is -1.89. The van der Waals surface area contributed by atoms with E-state index < -0.39 is 11.6 Å². The average molecular weight is 285 g/mol. The first-order valence-electron chi connectivity index (χ1n) is 6.29. The van der Waals surface area contributed by atoms with Crippen LogP contribution in [-0.2, 0) is 4.74 Å². The Kier molecular flexibility index (Phi) is 4.08. The van der Waals surface area contributed by atoms with Gasteiger partial charge in [0.05, 0.1) is 12.2 Å². The van der Waals surface area contributed by atoms with Crippen molar-refractivity contribution in [1.29, 1.82) is 0 Å². The molecule has 20 heavy (non-hydrogen) atoms. The first kappa shape index (κ1) is 14.5. The van der Waals surface area contributed by atoms with Crippen LogP contribution in [0.25, 0.3) is 0 Å². The van der Waals surface area contributed by atoms with Gasteiger partial charge in [0.15, 0.2) is 5.84 Å². The molecule has 5 nitrogen and oxygen atoms in total. The molecule has 1 saturated heterocycles. The van der Waals surface area contributed by atoms with Crippen molar-refractivity contribution in [2.24, 2.45) is 10.9 Å². The molecule has 2 atom stereocenters. The van der Waals surface area contributed by atoms with Gasteiger partial charge in [0, 0.05) is 18.7 Å². The molecule has 1 aliphatic heterocycles.